The predicted molar refractivity (Wildman–Crippen MR) is 127 cm³/mol. The molecule has 3 aromatic rings. The Morgan fingerprint density at radius 1 is 0.875 bits per heavy atom. The summed E-state index contributed by atoms with van der Waals surface area (Å²) in [5.41, 5.74) is 4.49. The minimum absolute atomic E-state index is 0. The number of pyridine rings is 1. The first kappa shape index (κ1) is 25.0. The van der Waals surface area contributed by atoms with E-state index < -0.39 is 0 Å². The third-order valence-electron chi connectivity index (χ3n) is 6.91. The summed E-state index contributed by atoms with van der Waals surface area (Å²) in [6.07, 6.45) is 9.17. The monoisotopic (exact) mass is 609 g/mol. The second kappa shape index (κ2) is 11.5. The molecule has 0 amide bonds. The molecule has 3 nitrogen and oxygen atoms in total. The van der Waals surface area contributed by atoms with Gasteiger partial charge in [0, 0.05) is 32.2 Å². The van der Waals surface area contributed by atoms with Crippen LogP contribution < -0.4 is 0 Å². The van der Waals surface area contributed by atoms with E-state index in [-0.39, 0.29) is 38.2 Å². The summed E-state index contributed by atoms with van der Waals surface area (Å²) >= 11 is 0. The summed E-state index contributed by atoms with van der Waals surface area (Å²) < 4.78 is 0. The Labute approximate surface area is 205 Å². The third kappa shape index (κ3) is 5.85. The van der Waals surface area contributed by atoms with Crippen molar-refractivity contribution >= 4 is 10.8 Å². The molecule has 4 unspecified atom stereocenters. The molecule has 32 heavy (non-hydrogen) atoms. The second-order valence-electron chi connectivity index (χ2n) is 9.32. The van der Waals surface area contributed by atoms with E-state index in [4.69, 9.17) is 0 Å². The number of aryl methyl sites for hydroxylation is 2. The normalized spacial score (nSPS) is 25.0. The van der Waals surface area contributed by atoms with Crippen molar-refractivity contribution in [3.05, 3.63) is 65.9 Å². The minimum Gasteiger partial charge on any atom is -0.393 e. The van der Waals surface area contributed by atoms with Crippen LogP contribution in [-0.4, -0.2) is 27.4 Å². The first-order valence-electron chi connectivity index (χ1n) is 11.7. The minimum atomic E-state index is -0.234. The first-order valence-corrected chi connectivity index (χ1v) is 11.7. The molecule has 4 atom stereocenters. The standard InChI is InChI=1S/C17H14N.C11H20O2.Ir/c1-12-9-13(2)11-15(10-12)17-16-6-4-3-5-14(16)7-8-18-17;12-9-6-2-1-4-8-5-3-7-10(13)11(8)9;/h3-10H,1-2H3;8-13H,1-7H2;/q-1;;. The predicted octanol–water partition coefficient (Wildman–Crippen LogP) is 6.01. The summed E-state index contributed by atoms with van der Waals surface area (Å²) in [6.45, 7) is 4.18. The van der Waals surface area contributed by atoms with E-state index in [1.54, 1.807) is 0 Å². The number of aliphatic hydroxyl groups is 2. The third-order valence-corrected chi connectivity index (χ3v) is 6.91. The van der Waals surface area contributed by atoms with Crippen LogP contribution in [0.15, 0.2) is 48.7 Å². The summed E-state index contributed by atoms with van der Waals surface area (Å²) in [4.78, 5) is 4.53. The molecule has 0 saturated heterocycles. The Balaban J connectivity index is 0.000000184. The number of hydrogen-bond donors (Lipinski definition) is 2. The molecule has 0 spiro atoms. The zero-order chi connectivity index (χ0) is 21.8. The van der Waals surface area contributed by atoms with E-state index in [0.717, 1.165) is 42.5 Å². The van der Waals surface area contributed by atoms with E-state index in [0.29, 0.717) is 5.92 Å². The number of rotatable bonds is 1. The quantitative estimate of drug-likeness (QED) is 0.333. The van der Waals surface area contributed by atoms with Gasteiger partial charge >= 0.3 is 0 Å². The maximum absolute atomic E-state index is 9.89. The zero-order valence-corrected chi connectivity index (χ0v) is 21.4. The Morgan fingerprint density at radius 3 is 2.34 bits per heavy atom. The zero-order valence-electron chi connectivity index (χ0n) is 19.1. The maximum Gasteiger partial charge on any atom is 0.0595 e. The van der Waals surface area contributed by atoms with E-state index in [1.807, 2.05) is 12.3 Å². The van der Waals surface area contributed by atoms with Crippen molar-refractivity contribution in [2.45, 2.75) is 71.0 Å². The molecule has 173 valence electrons. The maximum atomic E-state index is 9.89. The van der Waals surface area contributed by atoms with Crippen molar-refractivity contribution in [2.24, 2.45) is 11.8 Å². The molecule has 2 aromatic carbocycles. The molecule has 5 rings (SSSR count). The molecule has 2 N–H and O–H groups in total. The molecule has 0 aliphatic heterocycles. The van der Waals surface area contributed by atoms with Crippen molar-refractivity contribution in [1.82, 2.24) is 4.98 Å². The van der Waals surface area contributed by atoms with Crippen molar-refractivity contribution < 1.29 is 30.3 Å². The van der Waals surface area contributed by atoms with Crippen LogP contribution in [0.5, 0.6) is 0 Å². The average molecular weight is 609 g/mol. The average Bonchev–Trinajstić information content (AvgIpc) is 2.95. The van der Waals surface area contributed by atoms with Crippen molar-refractivity contribution in [3.63, 3.8) is 0 Å². The Hall–Kier alpha value is -1.58. The van der Waals surface area contributed by atoms with Gasteiger partial charge in [-0.2, -0.15) is 0 Å². The summed E-state index contributed by atoms with van der Waals surface area (Å²) in [5.74, 6) is 0.789. The van der Waals surface area contributed by atoms with Gasteiger partial charge in [-0.3, -0.25) is 0 Å². The molecule has 1 aromatic heterocycles. The Bertz CT molecular complexity index is 996. The largest absolute Gasteiger partial charge is 0.393 e. The summed E-state index contributed by atoms with van der Waals surface area (Å²) in [5, 5.41) is 22.1. The second-order valence-corrected chi connectivity index (χ2v) is 9.32. The van der Waals surface area contributed by atoms with Crippen LogP contribution >= 0.6 is 0 Å². The number of nitrogens with zero attached hydrogens (tertiary/aromatic N) is 1. The first-order chi connectivity index (χ1) is 15.0. The Morgan fingerprint density at radius 2 is 1.56 bits per heavy atom. The number of hydrogen-bond acceptors (Lipinski definition) is 3. The van der Waals surface area contributed by atoms with Gasteiger partial charge in [-0.25, -0.2) is 0 Å². The molecule has 2 aliphatic rings. The number of aliphatic hydroxyl groups excluding tert-OH is 2. The van der Waals surface area contributed by atoms with Crippen LogP contribution in [0.4, 0.5) is 0 Å². The van der Waals surface area contributed by atoms with Crippen LogP contribution in [-0.2, 0) is 20.1 Å². The van der Waals surface area contributed by atoms with E-state index in [9.17, 15) is 10.2 Å². The molecule has 1 heterocycles. The van der Waals surface area contributed by atoms with Crippen molar-refractivity contribution in [3.8, 4) is 11.3 Å². The van der Waals surface area contributed by atoms with Gasteiger partial charge in [0.15, 0.2) is 0 Å². The van der Waals surface area contributed by atoms with Gasteiger partial charge in [-0.1, -0.05) is 57.4 Å². The van der Waals surface area contributed by atoms with Gasteiger partial charge < -0.3 is 15.2 Å². The molecule has 1 radical (unpaired) electrons. The van der Waals surface area contributed by atoms with Gasteiger partial charge in [-0.05, 0) is 54.1 Å². The molecular formula is C28H34IrNO2-. The topological polar surface area (TPSA) is 53.4 Å². The van der Waals surface area contributed by atoms with Gasteiger partial charge in [0.05, 0.1) is 12.2 Å². The van der Waals surface area contributed by atoms with E-state index in [2.05, 4.69) is 61.3 Å². The summed E-state index contributed by atoms with van der Waals surface area (Å²) in [6, 6.07) is 18.0. The van der Waals surface area contributed by atoms with E-state index in [1.165, 1.54) is 35.6 Å². The van der Waals surface area contributed by atoms with Crippen LogP contribution in [0, 0.1) is 31.7 Å². The van der Waals surface area contributed by atoms with Gasteiger partial charge in [0.1, 0.15) is 0 Å². The molecule has 4 heteroatoms. The van der Waals surface area contributed by atoms with Gasteiger partial charge in [-0.15, -0.1) is 34.9 Å². The fourth-order valence-corrected chi connectivity index (χ4v) is 5.51. The molecule has 2 fully saturated rings. The molecule has 2 aliphatic carbocycles. The fraction of sp³-hybridized carbons (Fsp3) is 0.464. The SMILES string of the molecule is Cc1[c-]c(-c2nccc3ccccc23)cc(C)c1.OC1CCCCC2CCCC(O)C12.[Ir]. The smallest absolute Gasteiger partial charge is 0.0595 e. The molecule has 2 saturated carbocycles. The van der Waals surface area contributed by atoms with Gasteiger partial charge in [0.25, 0.3) is 0 Å². The van der Waals surface area contributed by atoms with Crippen molar-refractivity contribution in [2.75, 3.05) is 0 Å². The van der Waals surface area contributed by atoms with Gasteiger partial charge in [0.2, 0.25) is 0 Å². The van der Waals surface area contributed by atoms with Crippen molar-refractivity contribution in [1.29, 1.82) is 0 Å². The molecular weight excluding hydrogens is 575 g/mol. The van der Waals surface area contributed by atoms with Crippen LogP contribution in [0.1, 0.15) is 56.1 Å². The van der Waals surface area contributed by atoms with Crippen LogP contribution in [0.2, 0.25) is 0 Å². The fourth-order valence-electron chi connectivity index (χ4n) is 5.51. The van der Waals surface area contributed by atoms with Crippen LogP contribution in [0.3, 0.4) is 0 Å². The molecule has 0 bridgehead atoms. The van der Waals surface area contributed by atoms with Crippen LogP contribution in [0.25, 0.3) is 22.0 Å². The summed E-state index contributed by atoms with van der Waals surface area (Å²) in [7, 11) is 0. The number of benzene rings is 2. The van der Waals surface area contributed by atoms with E-state index >= 15 is 0 Å². The number of fused-ring (bicyclic) bond motifs is 2. The number of aromatic nitrogens is 1. The Kier molecular flexibility index (Phi) is 9.02.